The molecule has 0 spiro atoms. The molecule has 0 saturated heterocycles. The van der Waals surface area contributed by atoms with Crippen LogP contribution in [0.2, 0.25) is 5.02 Å². The zero-order valence-corrected chi connectivity index (χ0v) is 10.7. The Labute approximate surface area is 111 Å². The maximum atomic E-state index is 5.76. The molecule has 17 heavy (non-hydrogen) atoms. The fourth-order valence-corrected chi connectivity index (χ4v) is 1.71. The standard InChI is InChI=1S/C13H12Cl2N2/c14-7-10-1-3-11(4-2-10)8-16-13-6-5-12(15)9-17-13/h1-6,9H,7-8H2,(H,16,17). The minimum absolute atomic E-state index is 0.548. The summed E-state index contributed by atoms with van der Waals surface area (Å²) in [4.78, 5) is 4.16. The van der Waals surface area contributed by atoms with E-state index in [-0.39, 0.29) is 0 Å². The van der Waals surface area contributed by atoms with E-state index in [1.54, 1.807) is 6.20 Å². The third kappa shape index (κ3) is 3.62. The molecular weight excluding hydrogens is 255 g/mol. The van der Waals surface area contributed by atoms with Crippen molar-refractivity contribution < 1.29 is 0 Å². The average Bonchev–Trinajstić information content (AvgIpc) is 2.39. The predicted molar refractivity (Wildman–Crippen MR) is 72.6 cm³/mol. The number of hydrogen-bond acceptors (Lipinski definition) is 2. The maximum Gasteiger partial charge on any atom is 0.126 e. The topological polar surface area (TPSA) is 24.9 Å². The van der Waals surface area contributed by atoms with Gasteiger partial charge in [0.1, 0.15) is 5.82 Å². The lowest BCUT2D eigenvalue weighted by atomic mass is 10.1. The largest absolute Gasteiger partial charge is 0.366 e. The molecule has 0 aliphatic rings. The zero-order valence-electron chi connectivity index (χ0n) is 9.16. The van der Waals surface area contributed by atoms with Crippen LogP contribution in [0, 0.1) is 0 Å². The van der Waals surface area contributed by atoms with E-state index in [9.17, 15) is 0 Å². The highest BCUT2D eigenvalue weighted by atomic mass is 35.5. The Morgan fingerprint density at radius 2 is 1.71 bits per heavy atom. The van der Waals surface area contributed by atoms with Crippen molar-refractivity contribution >= 4 is 29.0 Å². The van der Waals surface area contributed by atoms with E-state index in [1.807, 2.05) is 24.3 Å². The molecule has 0 unspecified atom stereocenters. The fourth-order valence-electron chi connectivity index (χ4n) is 1.42. The van der Waals surface area contributed by atoms with Gasteiger partial charge < -0.3 is 5.32 Å². The van der Waals surface area contributed by atoms with Crippen LogP contribution in [0.25, 0.3) is 0 Å². The van der Waals surface area contributed by atoms with E-state index in [0.717, 1.165) is 17.9 Å². The van der Waals surface area contributed by atoms with Crippen LogP contribution in [0.5, 0.6) is 0 Å². The summed E-state index contributed by atoms with van der Waals surface area (Å²) in [6.07, 6.45) is 1.63. The average molecular weight is 267 g/mol. The Morgan fingerprint density at radius 3 is 2.29 bits per heavy atom. The first-order valence-corrected chi connectivity index (χ1v) is 6.18. The quantitative estimate of drug-likeness (QED) is 0.844. The maximum absolute atomic E-state index is 5.76. The van der Waals surface area contributed by atoms with Crippen LogP contribution in [-0.4, -0.2) is 4.98 Å². The third-order valence-electron chi connectivity index (χ3n) is 2.38. The van der Waals surface area contributed by atoms with Gasteiger partial charge in [0.05, 0.1) is 5.02 Å². The summed E-state index contributed by atoms with van der Waals surface area (Å²) in [5.74, 6) is 1.36. The Bertz CT molecular complexity index is 466. The second-order valence-corrected chi connectivity index (χ2v) is 4.37. The molecule has 1 heterocycles. The van der Waals surface area contributed by atoms with Gasteiger partial charge in [-0.3, -0.25) is 0 Å². The molecule has 0 aliphatic carbocycles. The van der Waals surface area contributed by atoms with Gasteiger partial charge in [0.2, 0.25) is 0 Å². The van der Waals surface area contributed by atoms with Crippen molar-refractivity contribution in [2.45, 2.75) is 12.4 Å². The van der Waals surface area contributed by atoms with E-state index < -0.39 is 0 Å². The first-order valence-electron chi connectivity index (χ1n) is 5.27. The van der Waals surface area contributed by atoms with Gasteiger partial charge in [0.15, 0.2) is 0 Å². The molecule has 88 valence electrons. The minimum Gasteiger partial charge on any atom is -0.366 e. The summed E-state index contributed by atoms with van der Waals surface area (Å²) < 4.78 is 0. The fraction of sp³-hybridized carbons (Fsp3) is 0.154. The Kier molecular flexibility index (Phi) is 4.24. The van der Waals surface area contributed by atoms with Crippen LogP contribution in [0.15, 0.2) is 42.6 Å². The Balaban J connectivity index is 1.95. The molecule has 1 aromatic heterocycles. The smallest absolute Gasteiger partial charge is 0.126 e. The van der Waals surface area contributed by atoms with Crippen molar-refractivity contribution in [1.82, 2.24) is 4.98 Å². The van der Waals surface area contributed by atoms with Gasteiger partial charge >= 0.3 is 0 Å². The van der Waals surface area contributed by atoms with Crippen molar-refractivity contribution in [2.75, 3.05) is 5.32 Å². The van der Waals surface area contributed by atoms with Gasteiger partial charge in [-0.25, -0.2) is 4.98 Å². The van der Waals surface area contributed by atoms with E-state index in [0.29, 0.717) is 10.9 Å². The number of nitrogens with one attached hydrogen (secondary N) is 1. The molecule has 0 atom stereocenters. The predicted octanol–water partition coefficient (Wildman–Crippen LogP) is 4.09. The number of pyridine rings is 1. The SMILES string of the molecule is ClCc1ccc(CNc2ccc(Cl)cn2)cc1. The highest BCUT2D eigenvalue weighted by molar-refractivity contribution is 6.30. The molecule has 0 amide bonds. The van der Waals surface area contributed by atoms with Crippen LogP contribution in [0.3, 0.4) is 0 Å². The molecule has 2 rings (SSSR count). The van der Waals surface area contributed by atoms with Gasteiger partial charge in [0.25, 0.3) is 0 Å². The lowest BCUT2D eigenvalue weighted by molar-refractivity contribution is 1.11. The number of nitrogens with zero attached hydrogens (tertiary/aromatic N) is 1. The molecule has 1 N–H and O–H groups in total. The van der Waals surface area contributed by atoms with E-state index >= 15 is 0 Å². The van der Waals surface area contributed by atoms with Crippen LogP contribution < -0.4 is 5.32 Å². The van der Waals surface area contributed by atoms with Gasteiger partial charge in [-0.1, -0.05) is 35.9 Å². The monoisotopic (exact) mass is 266 g/mol. The summed E-state index contributed by atoms with van der Waals surface area (Å²) in [5.41, 5.74) is 2.32. The summed E-state index contributed by atoms with van der Waals surface area (Å²) in [6.45, 7) is 0.733. The van der Waals surface area contributed by atoms with Crippen molar-refractivity contribution in [3.8, 4) is 0 Å². The summed E-state index contributed by atoms with van der Waals surface area (Å²) in [5, 5.41) is 3.86. The molecule has 0 saturated carbocycles. The molecule has 0 bridgehead atoms. The summed E-state index contributed by atoms with van der Waals surface area (Å²) >= 11 is 11.5. The molecule has 0 fully saturated rings. The third-order valence-corrected chi connectivity index (χ3v) is 2.91. The molecular formula is C13H12Cl2N2. The normalized spacial score (nSPS) is 10.2. The van der Waals surface area contributed by atoms with Gasteiger partial charge in [0, 0.05) is 18.6 Å². The van der Waals surface area contributed by atoms with Crippen LogP contribution >= 0.6 is 23.2 Å². The highest BCUT2D eigenvalue weighted by Gasteiger charge is 1.96. The second kappa shape index (κ2) is 5.89. The zero-order chi connectivity index (χ0) is 12.1. The molecule has 0 radical (unpaired) electrons. The number of benzene rings is 1. The molecule has 1 aromatic carbocycles. The second-order valence-electron chi connectivity index (χ2n) is 3.67. The van der Waals surface area contributed by atoms with Crippen LogP contribution in [0.1, 0.15) is 11.1 Å². The van der Waals surface area contributed by atoms with Crippen molar-refractivity contribution in [2.24, 2.45) is 0 Å². The molecule has 0 aliphatic heterocycles. The van der Waals surface area contributed by atoms with Crippen molar-refractivity contribution in [1.29, 1.82) is 0 Å². The number of alkyl halides is 1. The first kappa shape index (κ1) is 12.2. The Morgan fingerprint density at radius 1 is 1.00 bits per heavy atom. The minimum atomic E-state index is 0.548. The van der Waals surface area contributed by atoms with E-state index in [2.05, 4.69) is 22.4 Å². The van der Waals surface area contributed by atoms with E-state index in [4.69, 9.17) is 23.2 Å². The first-order chi connectivity index (χ1) is 8.28. The summed E-state index contributed by atoms with van der Waals surface area (Å²) in [7, 11) is 0. The van der Waals surface area contributed by atoms with Gasteiger partial charge in [-0.05, 0) is 23.3 Å². The summed E-state index contributed by atoms with van der Waals surface area (Å²) in [6, 6.07) is 11.8. The number of anilines is 1. The lowest BCUT2D eigenvalue weighted by Gasteiger charge is -2.06. The lowest BCUT2D eigenvalue weighted by Crippen LogP contribution is -2.00. The van der Waals surface area contributed by atoms with Crippen molar-refractivity contribution in [3.05, 3.63) is 58.7 Å². The number of halogens is 2. The van der Waals surface area contributed by atoms with Gasteiger partial charge in [-0.2, -0.15) is 0 Å². The van der Waals surface area contributed by atoms with Crippen molar-refractivity contribution in [3.63, 3.8) is 0 Å². The molecule has 2 nitrogen and oxygen atoms in total. The number of aromatic nitrogens is 1. The van der Waals surface area contributed by atoms with Crippen LogP contribution in [0.4, 0.5) is 5.82 Å². The molecule has 4 heteroatoms. The molecule has 2 aromatic rings. The number of rotatable bonds is 4. The van der Waals surface area contributed by atoms with Gasteiger partial charge in [-0.15, -0.1) is 11.6 Å². The van der Waals surface area contributed by atoms with Crippen LogP contribution in [-0.2, 0) is 12.4 Å². The highest BCUT2D eigenvalue weighted by Crippen LogP contribution is 2.12. The number of hydrogen-bond donors (Lipinski definition) is 1. The van der Waals surface area contributed by atoms with E-state index in [1.165, 1.54) is 5.56 Å². The Hall–Kier alpha value is -1.25.